The van der Waals surface area contributed by atoms with Crippen molar-refractivity contribution < 1.29 is 5.11 Å². The number of hydrogen-bond acceptors (Lipinski definition) is 2. The van der Waals surface area contributed by atoms with E-state index < -0.39 is 6.10 Å². The van der Waals surface area contributed by atoms with E-state index in [9.17, 15) is 5.11 Å². The Labute approximate surface area is 117 Å². The van der Waals surface area contributed by atoms with Crippen LogP contribution in [0.5, 0.6) is 0 Å². The molecule has 0 heterocycles. The molecule has 2 atom stereocenters. The second-order valence-corrected chi connectivity index (χ2v) is 6.07. The summed E-state index contributed by atoms with van der Waals surface area (Å²) in [5, 5.41) is 14.4. The quantitative estimate of drug-likeness (QED) is 0.850. The number of hydrogen-bond donors (Lipinski definition) is 2. The van der Waals surface area contributed by atoms with Crippen molar-refractivity contribution in [3.63, 3.8) is 0 Å². The SMILES string of the molecule is CCC(NC1CC1)C(O)c1c(C)c(C)cc(C)c1C. The van der Waals surface area contributed by atoms with Gasteiger partial charge in [-0.15, -0.1) is 0 Å². The number of aliphatic hydroxyl groups is 1. The maximum atomic E-state index is 10.8. The van der Waals surface area contributed by atoms with E-state index in [4.69, 9.17) is 0 Å². The molecule has 1 saturated carbocycles. The van der Waals surface area contributed by atoms with Crippen molar-refractivity contribution in [3.05, 3.63) is 33.9 Å². The fourth-order valence-corrected chi connectivity index (χ4v) is 2.88. The molecule has 0 radical (unpaired) electrons. The van der Waals surface area contributed by atoms with Crippen LogP contribution in [0.2, 0.25) is 0 Å². The summed E-state index contributed by atoms with van der Waals surface area (Å²) < 4.78 is 0. The zero-order valence-electron chi connectivity index (χ0n) is 12.9. The molecule has 0 bridgehead atoms. The maximum Gasteiger partial charge on any atom is 0.0948 e. The Morgan fingerprint density at radius 3 is 2.11 bits per heavy atom. The molecule has 2 unspecified atom stereocenters. The molecule has 106 valence electrons. The Bertz CT molecular complexity index is 437. The minimum atomic E-state index is -0.399. The lowest BCUT2D eigenvalue weighted by Crippen LogP contribution is -2.36. The molecular weight excluding hydrogens is 234 g/mol. The van der Waals surface area contributed by atoms with E-state index in [0.717, 1.165) is 12.0 Å². The Kier molecular flexibility index (Phi) is 4.32. The molecular formula is C17H27NO. The second kappa shape index (κ2) is 5.64. The van der Waals surface area contributed by atoms with Gasteiger partial charge in [-0.2, -0.15) is 0 Å². The van der Waals surface area contributed by atoms with Crippen molar-refractivity contribution in [1.29, 1.82) is 0 Å². The number of benzene rings is 1. The summed E-state index contributed by atoms with van der Waals surface area (Å²) in [7, 11) is 0. The minimum Gasteiger partial charge on any atom is -0.387 e. The monoisotopic (exact) mass is 261 g/mol. The van der Waals surface area contributed by atoms with Crippen LogP contribution in [-0.2, 0) is 0 Å². The molecule has 0 spiro atoms. The third-order valence-corrected chi connectivity index (χ3v) is 4.57. The average Bonchev–Trinajstić information content (AvgIpc) is 3.17. The van der Waals surface area contributed by atoms with Crippen molar-refractivity contribution in [2.75, 3.05) is 0 Å². The highest BCUT2D eigenvalue weighted by Crippen LogP contribution is 2.31. The van der Waals surface area contributed by atoms with E-state index in [1.54, 1.807) is 0 Å². The molecule has 1 aromatic carbocycles. The highest BCUT2D eigenvalue weighted by molar-refractivity contribution is 5.45. The average molecular weight is 261 g/mol. The van der Waals surface area contributed by atoms with Gasteiger partial charge in [-0.05, 0) is 74.8 Å². The van der Waals surface area contributed by atoms with E-state index in [-0.39, 0.29) is 6.04 Å². The standard InChI is InChI=1S/C17H27NO/c1-6-15(18-14-7-8-14)17(19)16-12(4)10(2)9-11(3)13(16)5/h9,14-15,17-19H,6-8H2,1-5H3. The summed E-state index contributed by atoms with van der Waals surface area (Å²) in [5.74, 6) is 0. The fourth-order valence-electron chi connectivity index (χ4n) is 2.88. The van der Waals surface area contributed by atoms with Crippen LogP contribution >= 0.6 is 0 Å². The molecule has 1 aliphatic carbocycles. The van der Waals surface area contributed by atoms with Gasteiger partial charge in [0.1, 0.15) is 0 Å². The first-order valence-electron chi connectivity index (χ1n) is 7.47. The van der Waals surface area contributed by atoms with Gasteiger partial charge in [-0.25, -0.2) is 0 Å². The van der Waals surface area contributed by atoms with E-state index in [1.165, 1.54) is 35.1 Å². The Morgan fingerprint density at radius 2 is 1.68 bits per heavy atom. The Balaban J connectivity index is 2.33. The maximum absolute atomic E-state index is 10.8. The first-order valence-corrected chi connectivity index (χ1v) is 7.47. The van der Waals surface area contributed by atoms with E-state index in [0.29, 0.717) is 6.04 Å². The van der Waals surface area contributed by atoms with Gasteiger partial charge < -0.3 is 10.4 Å². The number of aliphatic hydroxyl groups excluding tert-OH is 1. The van der Waals surface area contributed by atoms with Crippen molar-refractivity contribution >= 4 is 0 Å². The lowest BCUT2D eigenvalue weighted by molar-refractivity contribution is 0.123. The molecule has 0 saturated heterocycles. The second-order valence-electron chi connectivity index (χ2n) is 6.07. The zero-order valence-corrected chi connectivity index (χ0v) is 12.9. The van der Waals surface area contributed by atoms with Gasteiger partial charge in [-0.3, -0.25) is 0 Å². The number of nitrogens with one attached hydrogen (secondary N) is 1. The summed E-state index contributed by atoms with van der Waals surface area (Å²) in [6.07, 6.45) is 3.08. The summed E-state index contributed by atoms with van der Waals surface area (Å²) in [5.41, 5.74) is 6.17. The lowest BCUT2D eigenvalue weighted by Gasteiger charge is -2.27. The van der Waals surface area contributed by atoms with Crippen molar-refractivity contribution in [1.82, 2.24) is 5.32 Å². The summed E-state index contributed by atoms with van der Waals surface area (Å²) in [4.78, 5) is 0. The van der Waals surface area contributed by atoms with Crippen LogP contribution in [0.3, 0.4) is 0 Å². The number of rotatable bonds is 5. The van der Waals surface area contributed by atoms with Gasteiger partial charge in [0.25, 0.3) is 0 Å². The molecule has 0 aromatic heterocycles. The van der Waals surface area contributed by atoms with Crippen molar-refractivity contribution in [2.45, 2.75) is 72.1 Å². The normalized spacial score (nSPS) is 18.4. The van der Waals surface area contributed by atoms with Crippen LogP contribution in [0, 0.1) is 27.7 Å². The third-order valence-electron chi connectivity index (χ3n) is 4.57. The van der Waals surface area contributed by atoms with Crippen molar-refractivity contribution in [2.24, 2.45) is 0 Å². The smallest absolute Gasteiger partial charge is 0.0948 e. The molecule has 0 amide bonds. The van der Waals surface area contributed by atoms with Gasteiger partial charge in [-0.1, -0.05) is 13.0 Å². The highest BCUT2D eigenvalue weighted by Gasteiger charge is 2.29. The van der Waals surface area contributed by atoms with Gasteiger partial charge in [0.05, 0.1) is 6.10 Å². The van der Waals surface area contributed by atoms with Crippen LogP contribution in [0.1, 0.15) is 60.1 Å². The van der Waals surface area contributed by atoms with Crippen LogP contribution < -0.4 is 5.32 Å². The topological polar surface area (TPSA) is 32.3 Å². The molecule has 19 heavy (non-hydrogen) atoms. The first kappa shape index (κ1) is 14.5. The van der Waals surface area contributed by atoms with Gasteiger partial charge in [0, 0.05) is 12.1 Å². The first-order chi connectivity index (χ1) is 8.95. The zero-order chi connectivity index (χ0) is 14.2. The van der Waals surface area contributed by atoms with Gasteiger partial charge in [0.2, 0.25) is 0 Å². The molecule has 2 heteroatoms. The van der Waals surface area contributed by atoms with Crippen LogP contribution in [0.25, 0.3) is 0 Å². The predicted molar refractivity (Wildman–Crippen MR) is 80.6 cm³/mol. The van der Waals surface area contributed by atoms with E-state index >= 15 is 0 Å². The molecule has 2 nitrogen and oxygen atoms in total. The molecule has 2 N–H and O–H groups in total. The largest absolute Gasteiger partial charge is 0.387 e. The van der Waals surface area contributed by atoms with Gasteiger partial charge >= 0.3 is 0 Å². The molecule has 1 fully saturated rings. The summed E-state index contributed by atoms with van der Waals surface area (Å²) in [6, 6.07) is 3.02. The minimum absolute atomic E-state index is 0.172. The van der Waals surface area contributed by atoms with Gasteiger partial charge in [0.15, 0.2) is 0 Å². The van der Waals surface area contributed by atoms with E-state index in [1.807, 2.05) is 0 Å². The summed E-state index contributed by atoms with van der Waals surface area (Å²) in [6.45, 7) is 10.7. The van der Waals surface area contributed by atoms with Crippen LogP contribution in [0.4, 0.5) is 0 Å². The van der Waals surface area contributed by atoms with Crippen LogP contribution in [0.15, 0.2) is 6.07 Å². The predicted octanol–water partition coefficient (Wildman–Crippen LogP) is 3.48. The number of aryl methyl sites for hydroxylation is 2. The summed E-state index contributed by atoms with van der Waals surface area (Å²) >= 11 is 0. The Morgan fingerprint density at radius 1 is 1.16 bits per heavy atom. The molecule has 1 aromatic rings. The highest BCUT2D eigenvalue weighted by atomic mass is 16.3. The third kappa shape index (κ3) is 3.01. The van der Waals surface area contributed by atoms with Crippen LogP contribution in [-0.4, -0.2) is 17.2 Å². The lowest BCUT2D eigenvalue weighted by atomic mass is 9.87. The fraction of sp³-hybridized carbons (Fsp3) is 0.647. The molecule has 2 rings (SSSR count). The van der Waals surface area contributed by atoms with E-state index in [2.05, 4.69) is 46.0 Å². The Hall–Kier alpha value is -0.860. The van der Waals surface area contributed by atoms with Crippen molar-refractivity contribution in [3.8, 4) is 0 Å². The molecule has 1 aliphatic rings. The molecule has 0 aliphatic heterocycles.